The number of carbonyl (C=O) groups excluding carboxylic acids is 1. The molecular formula is C18H25N3O3. The van der Waals surface area contributed by atoms with E-state index in [1.165, 1.54) is 0 Å². The van der Waals surface area contributed by atoms with Crippen molar-refractivity contribution in [1.82, 2.24) is 9.47 Å². The number of nitrogens with zero attached hydrogens (tertiary/aromatic N) is 2. The summed E-state index contributed by atoms with van der Waals surface area (Å²) in [5.41, 5.74) is 1.82. The van der Waals surface area contributed by atoms with Gasteiger partial charge >= 0.3 is 6.03 Å². The largest absolute Gasteiger partial charge is 0.497 e. The molecule has 0 atom stereocenters. The van der Waals surface area contributed by atoms with Gasteiger partial charge in [0.15, 0.2) is 0 Å². The summed E-state index contributed by atoms with van der Waals surface area (Å²) in [6, 6.07) is 11.2. The fraction of sp³-hybridized carbons (Fsp3) is 0.389. The summed E-state index contributed by atoms with van der Waals surface area (Å²) in [4.78, 5) is 14.4. The molecule has 2 aromatic rings. The lowest BCUT2D eigenvalue weighted by Gasteiger charge is -2.23. The number of ether oxygens (including phenoxy) is 2. The first-order valence-electron chi connectivity index (χ1n) is 7.93. The van der Waals surface area contributed by atoms with Gasteiger partial charge in [-0.15, -0.1) is 0 Å². The number of carbonyl (C=O) groups is 1. The van der Waals surface area contributed by atoms with Crippen LogP contribution >= 0.6 is 0 Å². The maximum atomic E-state index is 12.6. The van der Waals surface area contributed by atoms with E-state index in [2.05, 4.69) is 5.32 Å². The molecule has 6 heteroatoms. The molecule has 0 unspecified atom stereocenters. The molecule has 0 saturated carbocycles. The molecule has 0 aliphatic rings. The van der Waals surface area contributed by atoms with Crippen molar-refractivity contribution in [3.8, 4) is 5.75 Å². The summed E-state index contributed by atoms with van der Waals surface area (Å²) in [7, 11) is 5.26. The van der Waals surface area contributed by atoms with Crippen molar-refractivity contribution >= 4 is 11.7 Å². The normalized spacial score (nSPS) is 10.5. The molecule has 0 bridgehead atoms. The molecule has 1 N–H and O–H groups in total. The number of aryl methyl sites for hydroxylation is 1. The van der Waals surface area contributed by atoms with Crippen LogP contribution in [0.5, 0.6) is 5.75 Å². The zero-order valence-corrected chi connectivity index (χ0v) is 14.5. The third kappa shape index (κ3) is 5.03. The zero-order valence-electron chi connectivity index (χ0n) is 14.5. The van der Waals surface area contributed by atoms with Gasteiger partial charge in [-0.3, -0.25) is 0 Å². The number of benzene rings is 1. The minimum absolute atomic E-state index is 0.127. The monoisotopic (exact) mass is 331 g/mol. The van der Waals surface area contributed by atoms with Gasteiger partial charge in [0.25, 0.3) is 0 Å². The molecule has 2 amide bonds. The number of urea groups is 1. The summed E-state index contributed by atoms with van der Waals surface area (Å²) < 4.78 is 12.2. The Morgan fingerprint density at radius 2 is 1.96 bits per heavy atom. The van der Waals surface area contributed by atoms with Crippen LogP contribution in [0.25, 0.3) is 0 Å². The Kier molecular flexibility index (Phi) is 6.69. The van der Waals surface area contributed by atoms with Crippen LogP contribution in [-0.2, 0) is 18.3 Å². The first-order chi connectivity index (χ1) is 11.6. The first kappa shape index (κ1) is 17.9. The molecular weight excluding hydrogens is 306 g/mol. The van der Waals surface area contributed by atoms with Crippen molar-refractivity contribution in [2.75, 3.05) is 32.7 Å². The molecule has 24 heavy (non-hydrogen) atoms. The van der Waals surface area contributed by atoms with Crippen molar-refractivity contribution in [1.29, 1.82) is 0 Å². The second-order valence-electron chi connectivity index (χ2n) is 5.54. The van der Waals surface area contributed by atoms with E-state index in [4.69, 9.17) is 9.47 Å². The Labute approximate surface area is 143 Å². The highest BCUT2D eigenvalue weighted by Crippen LogP contribution is 2.16. The third-order valence-electron chi connectivity index (χ3n) is 3.81. The predicted octanol–water partition coefficient (Wildman–Crippen LogP) is 3.10. The van der Waals surface area contributed by atoms with Gasteiger partial charge in [0.1, 0.15) is 5.75 Å². The van der Waals surface area contributed by atoms with E-state index in [1.807, 2.05) is 54.2 Å². The number of hydrogen-bond acceptors (Lipinski definition) is 3. The number of methoxy groups -OCH3 is 2. The van der Waals surface area contributed by atoms with E-state index >= 15 is 0 Å². The van der Waals surface area contributed by atoms with Crippen LogP contribution in [-0.4, -0.2) is 42.9 Å². The van der Waals surface area contributed by atoms with Crippen molar-refractivity contribution in [2.24, 2.45) is 7.05 Å². The predicted molar refractivity (Wildman–Crippen MR) is 94.3 cm³/mol. The summed E-state index contributed by atoms with van der Waals surface area (Å²) in [5, 5.41) is 2.93. The fourth-order valence-electron chi connectivity index (χ4n) is 2.39. The van der Waals surface area contributed by atoms with Crippen LogP contribution in [0.3, 0.4) is 0 Å². The van der Waals surface area contributed by atoms with Gasteiger partial charge in [-0.1, -0.05) is 0 Å². The zero-order chi connectivity index (χ0) is 17.4. The number of nitrogens with one attached hydrogen (secondary N) is 1. The Balaban J connectivity index is 2.03. The third-order valence-corrected chi connectivity index (χ3v) is 3.81. The highest BCUT2D eigenvalue weighted by molar-refractivity contribution is 5.89. The Hall–Kier alpha value is -2.47. The molecule has 2 rings (SSSR count). The first-order valence-corrected chi connectivity index (χ1v) is 7.93. The average molecular weight is 331 g/mol. The van der Waals surface area contributed by atoms with Crippen LogP contribution in [0.2, 0.25) is 0 Å². The van der Waals surface area contributed by atoms with Crippen LogP contribution in [0, 0.1) is 0 Å². The summed E-state index contributed by atoms with van der Waals surface area (Å²) >= 11 is 0. The van der Waals surface area contributed by atoms with E-state index in [9.17, 15) is 4.79 Å². The minimum Gasteiger partial charge on any atom is -0.497 e. The molecule has 1 aromatic heterocycles. The summed E-state index contributed by atoms with van der Waals surface area (Å²) in [6.45, 7) is 1.80. The van der Waals surface area contributed by atoms with Crippen LogP contribution in [0.4, 0.5) is 10.5 Å². The van der Waals surface area contributed by atoms with Crippen molar-refractivity contribution in [3.63, 3.8) is 0 Å². The Morgan fingerprint density at radius 3 is 2.54 bits per heavy atom. The Bertz CT molecular complexity index is 637. The lowest BCUT2D eigenvalue weighted by Crippen LogP contribution is -2.36. The number of hydrogen-bond donors (Lipinski definition) is 1. The van der Waals surface area contributed by atoms with Crippen molar-refractivity contribution in [2.45, 2.75) is 13.0 Å². The van der Waals surface area contributed by atoms with Gasteiger partial charge in [-0.2, -0.15) is 0 Å². The number of amides is 2. The van der Waals surface area contributed by atoms with Gasteiger partial charge < -0.3 is 24.3 Å². The smallest absolute Gasteiger partial charge is 0.322 e. The molecule has 1 heterocycles. The Morgan fingerprint density at radius 1 is 1.21 bits per heavy atom. The summed E-state index contributed by atoms with van der Waals surface area (Å²) in [6.07, 6.45) is 2.76. The molecule has 0 radical (unpaired) electrons. The van der Waals surface area contributed by atoms with E-state index in [0.717, 1.165) is 23.6 Å². The van der Waals surface area contributed by atoms with Crippen LogP contribution < -0.4 is 10.1 Å². The standard InChI is InChI=1S/C18H25N3O3/c1-20-11-4-6-16(20)14-21(12-5-13-23-2)18(22)19-15-7-9-17(24-3)10-8-15/h4,6-11H,5,12-14H2,1-3H3,(H,19,22). The number of anilines is 1. The van der Waals surface area contributed by atoms with E-state index < -0.39 is 0 Å². The topological polar surface area (TPSA) is 55.7 Å². The molecule has 0 saturated heterocycles. The SMILES string of the molecule is COCCCN(Cc1cccn1C)C(=O)Nc1ccc(OC)cc1. The van der Waals surface area contributed by atoms with Crippen molar-refractivity contribution < 1.29 is 14.3 Å². The molecule has 130 valence electrons. The molecule has 0 fully saturated rings. The van der Waals surface area contributed by atoms with Gasteiger partial charge in [0, 0.05) is 44.9 Å². The molecule has 1 aromatic carbocycles. The molecule has 6 nitrogen and oxygen atoms in total. The van der Waals surface area contributed by atoms with Gasteiger partial charge in [0.05, 0.1) is 13.7 Å². The quantitative estimate of drug-likeness (QED) is 0.756. The number of rotatable bonds is 8. The van der Waals surface area contributed by atoms with Gasteiger partial charge in [-0.25, -0.2) is 4.79 Å². The fourth-order valence-corrected chi connectivity index (χ4v) is 2.39. The maximum Gasteiger partial charge on any atom is 0.322 e. The molecule has 0 aliphatic carbocycles. The minimum atomic E-state index is -0.127. The van der Waals surface area contributed by atoms with E-state index in [0.29, 0.717) is 19.7 Å². The highest BCUT2D eigenvalue weighted by Gasteiger charge is 2.15. The average Bonchev–Trinajstić information content (AvgIpc) is 2.99. The second-order valence-corrected chi connectivity index (χ2v) is 5.54. The van der Waals surface area contributed by atoms with Gasteiger partial charge in [0.2, 0.25) is 0 Å². The maximum absolute atomic E-state index is 12.6. The van der Waals surface area contributed by atoms with E-state index in [-0.39, 0.29) is 6.03 Å². The highest BCUT2D eigenvalue weighted by atomic mass is 16.5. The molecule has 0 aliphatic heterocycles. The van der Waals surface area contributed by atoms with Crippen molar-refractivity contribution in [3.05, 3.63) is 48.3 Å². The lowest BCUT2D eigenvalue weighted by molar-refractivity contribution is 0.171. The van der Waals surface area contributed by atoms with E-state index in [1.54, 1.807) is 19.1 Å². The van der Waals surface area contributed by atoms with Crippen LogP contribution in [0.1, 0.15) is 12.1 Å². The molecule has 0 spiro atoms. The lowest BCUT2D eigenvalue weighted by atomic mass is 10.3. The van der Waals surface area contributed by atoms with Crippen LogP contribution in [0.15, 0.2) is 42.6 Å². The summed E-state index contributed by atoms with van der Waals surface area (Å²) in [5.74, 6) is 0.758. The second kappa shape index (κ2) is 8.98. The van der Waals surface area contributed by atoms with Gasteiger partial charge in [-0.05, 0) is 42.8 Å². The number of aromatic nitrogens is 1.